The van der Waals surface area contributed by atoms with Crippen LogP contribution < -0.4 is 19.8 Å². The van der Waals surface area contributed by atoms with Gasteiger partial charge in [0.15, 0.2) is 0 Å². The number of pyridine rings is 1. The summed E-state index contributed by atoms with van der Waals surface area (Å²) in [5.74, 6) is 0. The van der Waals surface area contributed by atoms with E-state index in [0.29, 0.717) is 40.6 Å². The molecule has 2 aliphatic heterocycles. The molecule has 6 aromatic rings. The Bertz CT molecular complexity index is 2400. The topological polar surface area (TPSA) is 108 Å². The van der Waals surface area contributed by atoms with Gasteiger partial charge in [-0.25, -0.2) is 9.59 Å². The molecule has 0 saturated carbocycles. The Balaban J connectivity index is 0.000000167. The molecule has 54 heavy (non-hydrogen) atoms. The third-order valence-corrected chi connectivity index (χ3v) is 9.83. The Labute approximate surface area is 329 Å². The minimum Gasteiger partial charge on any atom is -0.286 e. The van der Waals surface area contributed by atoms with Crippen molar-refractivity contribution in [2.75, 3.05) is 32.9 Å². The molecule has 0 atom stereocenters. The first kappa shape index (κ1) is 36.0. The number of halogens is 2. The second-order valence-electron chi connectivity index (χ2n) is 11.9. The van der Waals surface area contributed by atoms with Crippen LogP contribution in [0.5, 0.6) is 0 Å². The molecular formula is C42H30Br2N8O2. The van der Waals surface area contributed by atoms with Crippen LogP contribution in [0.4, 0.5) is 32.3 Å². The van der Waals surface area contributed by atoms with Crippen LogP contribution in [-0.4, -0.2) is 41.6 Å². The molecule has 4 amide bonds. The quantitative estimate of drug-likeness (QED) is 0.166. The molecule has 264 valence electrons. The summed E-state index contributed by atoms with van der Waals surface area (Å²) in [5.41, 5.74) is 6.27. The summed E-state index contributed by atoms with van der Waals surface area (Å²) >= 11 is 7.02. The van der Waals surface area contributed by atoms with Crippen LogP contribution in [0.3, 0.4) is 0 Å². The van der Waals surface area contributed by atoms with Gasteiger partial charge in [-0.2, -0.15) is 25.5 Å². The van der Waals surface area contributed by atoms with Crippen LogP contribution in [0.1, 0.15) is 16.8 Å². The molecule has 0 N–H and O–H groups in total. The average molecular weight is 839 g/mol. The molecule has 10 nitrogen and oxygen atoms in total. The highest BCUT2D eigenvalue weighted by atomic mass is 79.9. The molecule has 0 unspecified atom stereocenters. The van der Waals surface area contributed by atoms with Crippen molar-refractivity contribution in [2.24, 2.45) is 10.2 Å². The van der Waals surface area contributed by atoms with Gasteiger partial charge in [0.25, 0.3) is 0 Å². The number of anilines is 4. The highest BCUT2D eigenvalue weighted by Gasteiger charge is 2.34. The van der Waals surface area contributed by atoms with Gasteiger partial charge in [-0.3, -0.25) is 14.8 Å². The first-order valence-corrected chi connectivity index (χ1v) is 18.4. The Morgan fingerprint density at radius 2 is 1.04 bits per heavy atom. The molecule has 8 rings (SSSR count). The van der Waals surface area contributed by atoms with Gasteiger partial charge in [0.05, 0.1) is 47.1 Å². The first-order chi connectivity index (χ1) is 26.4. The highest BCUT2D eigenvalue weighted by Crippen LogP contribution is 2.33. The normalized spacial score (nSPS) is 14.1. The zero-order chi connectivity index (χ0) is 37.4. The van der Waals surface area contributed by atoms with Crippen molar-refractivity contribution in [1.82, 2.24) is 4.98 Å². The summed E-state index contributed by atoms with van der Waals surface area (Å²) in [4.78, 5) is 34.2. The molecule has 0 saturated heterocycles. The molecule has 12 heteroatoms. The van der Waals surface area contributed by atoms with Crippen LogP contribution in [0.25, 0.3) is 0 Å². The lowest BCUT2D eigenvalue weighted by Crippen LogP contribution is -2.49. The third kappa shape index (κ3) is 7.68. The van der Waals surface area contributed by atoms with Crippen molar-refractivity contribution < 1.29 is 9.59 Å². The van der Waals surface area contributed by atoms with Crippen LogP contribution in [0.2, 0.25) is 0 Å². The summed E-state index contributed by atoms with van der Waals surface area (Å²) in [5, 5.41) is 21.5. The number of benzene rings is 5. The number of nitrogens with zero attached hydrogens (tertiary/aromatic N) is 8. The van der Waals surface area contributed by atoms with Crippen molar-refractivity contribution in [2.45, 2.75) is 0 Å². The van der Waals surface area contributed by atoms with E-state index in [1.165, 1.54) is 10.0 Å². The van der Waals surface area contributed by atoms with E-state index in [0.717, 1.165) is 25.9 Å². The lowest BCUT2D eigenvalue weighted by Gasteiger charge is -2.33. The fraction of sp³-hybridized carbons (Fsp3) is 0.0476. The first-order valence-electron chi connectivity index (χ1n) is 16.8. The van der Waals surface area contributed by atoms with Crippen molar-refractivity contribution >= 4 is 78.1 Å². The Morgan fingerprint density at radius 3 is 1.63 bits per heavy atom. The van der Waals surface area contributed by atoms with Crippen LogP contribution in [-0.2, 0) is 0 Å². The number of aromatic nitrogens is 1. The van der Waals surface area contributed by atoms with E-state index in [9.17, 15) is 14.9 Å². The predicted octanol–water partition coefficient (Wildman–Crippen LogP) is 9.87. The highest BCUT2D eigenvalue weighted by molar-refractivity contribution is 9.11. The van der Waals surface area contributed by atoms with Gasteiger partial charge in [-0.1, -0.05) is 91.0 Å². The fourth-order valence-corrected chi connectivity index (χ4v) is 6.77. The minimum atomic E-state index is -0.339. The molecule has 0 bridgehead atoms. The van der Waals surface area contributed by atoms with Crippen molar-refractivity contribution in [3.63, 3.8) is 0 Å². The maximum atomic E-state index is 13.3. The summed E-state index contributed by atoms with van der Waals surface area (Å²) in [6.45, 7) is 0.642. The number of hydrogen-bond donors (Lipinski definition) is 0. The smallest absolute Gasteiger partial charge is 0.286 e. The number of rotatable bonds is 6. The number of amides is 4. The molecule has 1 aromatic heterocycles. The Hall–Kier alpha value is -6.42. The molecule has 0 aliphatic carbocycles. The second kappa shape index (κ2) is 16.5. The van der Waals surface area contributed by atoms with Crippen molar-refractivity contribution in [1.29, 1.82) is 5.26 Å². The zero-order valence-corrected chi connectivity index (χ0v) is 31.7. The molecule has 5 aromatic carbocycles. The summed E-state index contributed by atoms with van der Waals surface area (Å²) in [6, 6.07) is 48.8. The van der Waals surface area contributed by atoms with Gasteiger partial charge in [0.2, 0.25) is 0 Å². The van der Waals surface area contributed by atoms with Crippen LogP contribution in [0.15, 0.2) is 177 Å². The molecule has 0 radical (unpaired) electrons. The summed E-state index contributed by atoms with van der Waals surface area (Å²) in [6.07, 6.45) is 1.69. The minimum absolute atomic E-state index is 0.178. The number of nitriles is 1. The van der Waals surface area contributed by atoms with Gasteiger partial charge in [-0.05, 0) is 98.1 Å². The van der Waals surface area contributed by atoms with E-state index >= 15 is 0 Å². The van der Waals surface area contributed by atoms with Gasteiger partial charge < -0.3 is 0 Å². The molecule has 3 heterocycles. The number of carbonyl (C=O) groups excluding carboxylic acids is 2. The van der Waals surface area contributed by atoms with E-state index in [2.05, 4.69) is 53.1 Å². The van der Waals surface area contributed by atoms with E-state index in [1.807, 2.05) is 121 Å². The second-order valence-corrected chi connectivity index (χ2v) is 13.6. The fourth-order valence-electron chi connectivity index (χ4n) is 5.86. The summed E-state index contributed by atoms with van der Waals surface area (Å²) < 4.78 is 1.56. The standard InChI is InChI=1S/C21H14BrN5O.C21H16BrN3O/c22-16-8-2-4-11-20(16)27-21(28)26(19-10-3-1-7-15(19)13-23)14-18(25-27)17-9-5-6-12-24-17;22-18-13-7-8-14-20(18)25-21(26)24(17-11-5-2-6-12-17)15-19(23-25)16-9-3-1-4-10-16/h1-12H,14H2;1-14H,15H2. The van der Waals surface area contributed by atoms with Gasteiger partial charge in [0.1, 0.15) is 11.8 Å². The predicted molar refractivity (Wildman–Crippen MR) is 220 cm³/mol. The zero-order valence-electron chi connectivity index (χ0n) is 28.6. The van der Waals surface area contributed by atoms with Gasteiger partial charge in [0, 0.05) is 20.8 Å². The monoisotopic (exact) mass is 836 g/mol. The molecule has 0 spiro atoms. The largest absolute Gasteiger partial charge is 0.350 e. The third-order valence-electron chi connectivity index (χ3n) is 8.49. The molecule has 0 fully saturated rings. The van der Waals surface area contributed by atoms with Crippen LogP contribution in [0, 0.1) is 11.3 Å². The van der Waals surface area contributed by atoms with Gasteiger partial charge >= 0.3 is 12.1 Å². The average Bonchev–Trinajstić information content (AvgIpc) is 3.23. The maximum absolute atomic E-state index is 13.3. The lowest BCUT2D eigenvalue weighted by atomic mass is 10.1. The van der Waals surface area contributed by atoms with E-state index in [1.54, 1.807) is 46.3 Å². The number of carbonyl (C=O) groups is 2. The molecular weight excluding hydrogens is 808 g/mol. The summed E-state index contributed by atoms with van der Waals surface area (Å²) in [7, 11) is 0. The number of urea groups is 2. The maximum Gasteiger partial charge on any atom is 0.350 e. The van der Waals surface area contributed by atoms with Crippen molar-refractivity contribution in [3.8, 4) is 6.07 Å². The number of hydrogen-bond acceptors (Lipinski definition) is 6. The Morgan fingerprint density at radius 1 is 0.537 bits per heavy atom. The SMILES string of the molecule is N#Cc1ccccc1N1CC(c2ccccn2)=NN(c2ccccc2Br)C1=O.O=C1N(c2ccccc2)CC(c2ccccc2)=NN1c1ccccc1Br. The Kier molecular flexibility index (Phi) is 11.0. The van der Waals surface area contributed by atoms with E-state index in [-0.39, 0.29) is 18.6 Å². The van der Waals surface area contributed by atoms with Crippen LogP contribution >= 0.6 is 31.9 Å². The van der Waals surface area contributed by atoms with E-state index < -0.39 is 0 Å². The number of para-hydroxylation sites is 4. The lowest BCUT2D eigenvalue weighted by molar-refractivity contribution is 0.251. The van der Waals surface area contributed by atoms with Crippen molar-refractivity contribution in [3.05, 3.63) is 184 Å². The number of hydrazone groups is 2. The van der Waals surface area contributed by atoms with Gasteiger partial charge in [-0.15, -0.1) is 0 Å². The van der Waals surface area contributed by atoms with E-state index in [4.69, 9.17) is 0 Å². The molecule has 2 aliphatic rings.